The zero-order valence-corrected chi connectivity index (χ0v) is 7.91. The van der Waals surface area contributed by atoms with Gasteiger partial charge in [0.2, 0.25) is 0 Å². The number of furan rings is 1. The van der Waals surface area contributed by atoms with Crippen LogP contribution in [0.3, 0.4) is 0 Å². The number of phenolic OH excluding ortho intramolecular Hbond substituents is 1. The Balaban J connectivity index is 2.52. The Kier molecular flexibility index (Phi) is 2.44. The Morgan fingerprint density at radius 3 is 2.56 bits per heavy atom. The zero-order chi connectivity index (χ0) is 11.7. The summed E-state index contributed by atoms with van der Waals surface area (Å²) in [7, 11) is 0. The SMILES string of the molecule is O=Cc1ccc(-c2cc(O)c(F)c(F)c2)o1. The minimum Gasteiger partial charge on any atom is -0.505 e. The number of rotatable bonds is 2. The van der Waals surface area contributed by atoms with Gasteiger partial charge in [0.1, 0.15) is 5.76 Å². The van der Waals surface area contributed by atoms with Gasteiger partial charge in [-0.15, -0.1) is 0 Å². The summed E-state index contributed by atoms with van der Waals surface area (Å²) in [5.74, 6) is -3.06. The Hall–Kier alpha value is -2.17. The van der Waals surface area contributed by atoms with Crippen molar-refractivity contribution >= 4 is 6.29 Å². The van der Waals surface area contributed by atoms with Crippen LogP contribution in [0.2, 0.25) is 0 Å². The lowest BCUT2D eigenvalue weighted by Gasteiger charge is -2.00. The maximum absolute atomic E-state index is 13.0. The summed E-state index contributed by atoms with van der Waals surface area (Å²) in [5.41, 5.74) is 0.157. The molecule has 3 nitrogen and oxygen atoms in total. The minimum absolute atomic E-state index is 0.0687. The van der Waals surface area contributed by atoms with Gasteiger partial charge in [-0.2, -0.15) is 4.39 Å². The molecule has 0 atom stereocenters. The first-order valence-electron chi connectivity index (χ1n) is 4.35. The molecule has 1 aromatic carbocycles. The fourth-order valence-electron chi connectivity index (χ4n) is 1.29. The molecule has 0 saturated heterocycles. The standard InChI is InChI=1S/C11H6F2O3/c12-8-3-6(4-9(15)11(8)13)10-2-1-7(5-14)16-10/h1-5,15H. The molecule has 82 valence electrons. The first-order chi connectivity index (χ1) is 7.61. The van der Waals surface area contributed by atoms with Crippen LogP contribution in [0, 0.1) is 11.6 Å². The third-order valence-corrected chi connectivity index (χ3v) is 2.04. The Morgan fingerprint density at radius 2 is 2.00 bits per heavy atom. The molecule has 1 N–H and O–H groups in total. The number of carbonyl (C=O) groups excluding carboxylic acids is 1. The summed E-state index contributed by atoms with van der Waals surface area (Å²) in [4.78, 5) is 10.4. The van der Waals surface area contributed by atoms with E-state index in [1.807, 2.05) is 0 Å². The second-order valence-corrected chi connectivity index (χ2v) is 3.11. The van der Waals surface area contributed by atoms with E-state index in [2.05, 4.69) is 0 Å². The first-order valence-corrected chi connectivity index (χ1v) is 4.35. The van der Waals surface area contributed by atoms with Gasteiger partial charge in [-0.25, -0.2) is 4.39 Å². The van der Waals surface area contributed by atoms with Gasteiger partial charge in [0.05, 0.1) is 0 Å². The largest absolute Gasteiger partial charge is 0.505 e. The maximum atomic E-state index is 13.0. The molecule has 1 heterocycles. The van der Waals surface area contributed by atoms with Crippen molar-refractivity contribution in [2.75, 3.05) is 0 Å². The minimum atomic E-state index is -1.31. The number of carbonyl (C=O) groups is 1. The molecule has 0 aliphatic heterocycles. The highest BCUT2D eigenvalue weighted by Crippen LogP contribution is 2.28. The molecule has 16 heavy (non-hydrogen) atoms. The Bertz CT molecular complexity index is 523. The van der Waals surface area contributed by atoms with E-state index in [0.717, 1.165) is 12.1 Å². The molecule has 2 rings (SSSR count). The number of aromatic hydroxyl groups is 1. The smallest absolute Gasteiger partial charge is 0.200 e. The molecule has 1 aromatic heterocycles. The van der Waals surface area contributed by atoms with Crippen LogP contribution in [-0.2, 0) is 0 Å². The van der Waals surface area contributed by atoms with Crippen molar-refractivity contribution in [2.24, 2.45) is 0 Å². The first kappa shape index (κ1) is 10.4. The lowest BCUT2D eigenvalue weighted by Crippen LogP contribution is -1.86. The van der Waals surface area contributed by atoms with Crippen molar-refractivity contribution < 1.29 is 23.1 Å². The topological polar surface area (TPSA) is 50.4 Å². The fraction of sp³-hybridized carbons (Fsp3) is 0. The molecule has 2 aromatic rings. The molecular weight excluding hydrogens is 218 g/mol. The number of hydrogen-bond donors (Lipinski definition) is 1. The fourth-order valence-corrected chi connectivity index (χ4v) is 1.29. The number of hydrogen-bond acceptors (Lipinski definition) is 3. The summed E-state index contributed by atoms with van der Waals surface area (Å²) in [6.07, 6.45) is 0.489. The van der Waals surface area contributed by atoms with Crippen molar-refractivity contribution in [3.8, 4) is 17.1 Å². The van der Waals surface area contributed by atoms with E-state index in [1.165, 1.54) is 12.1 Å². The van der Waals surface area contributed by atoms with Crippen LogP contribution in [0.25, 0.3) is 11.3 Å². The molecule has 0 bridgehead atoms. The van der Waals surface area contributed by atoms with Crippen LogP contribution in [0.4, 0.5) is 8.78 Å². The average Bonchev–Trinajstić information content (AvgIpc) is 2.73. The molecule has 5 heteroatoms. The van der Waals surface area contributed by atoms with Crippen LogP contribution in [0.15, 0.2) is 28.7 Å². The molecule has 0 aliphatic carbocycles. The van der Waals surface area contributed by atoms with Crippen LogP contribution < -0.4 is 0 Å². The lowest BCUT2D eigenvalue weighted by molar-refractivity contribution is 0.110. The highest BCUT2D eigenvalue weighted by Gasteiger charge is 2.13. The highest BCUT2D eigenvalue weighted by molar-refractivity contribution is 5.73. The third kappa shape index (κ3) is 1.67. The summed E-state index contributed by atoms with van der Waals surface area (Å²) in [6, 6.07) is 4.71. The van der Waals surface area contributed by atoms with Crippen molar-refractivity contribution in [2.45, 2.75) is 0 Å². The van der Waals surface area contributed by atoms with Crippen molar-refractivity contribution in [1.29, 1.82) is 0 Å². The lowest BCUT2D eigenvalue weighted by atomic mass is 10.1. The Morgan fingerprint density at radius 1 is 1.25 bits per heavy atom. The molecular formula is C11H6F2O3. The molecule has 0 fully saturated rings. The van der Waals surface area contributed by atoms with Gasteiger partial charge in [-0.05, 0) is 24.3 Å². The van der Waals surface area contributed by atoms with Gasteiger partial charge in [0.25, 0.3) is 0 Å². The quantitative estimate of drug-likeness (QED) is 0.798. The molecule has 0 spiro atoms. The number of halogens is 2. The second-order valence-electron chi connectivity index (χ2n) is 3.11. The van der Waals surface area contributed by atoms with Crippen LogP contribution in [-0.4, -0.2) is 11.4 Å². The molecule has 0 radical (unpaired) electrons. The molecule has 0 amide bonds. The van der Waals surface area contributed by atoms with Gasteiger partial charge < -0.3 is 9.52 Å². The number of aldehydes is 1. The van der Waals surface area contributed by atoms with Gasteiger partial charge in [0, 0.05) is 5.56 Å². The monoisotopic (exact) mass is 224 g/mol. The van der Waals surface area contributed by atoms with E-state index in [-0.39, 0.29) is 17.1 Å². The van der Waals surface area contributed by atoms with Gasteiger partial charge in [-0.1, -0.05) is 0 Å². The van der Waals surface area contributed by atoms with E-state index in [1.54, 1.807) is 0 Å². The molecule has 0 aliphatic rings. The van der Waals surface area contributed by atoms with E-state index >= 15 is 0 Å². The molecule has 0 unspecified atom stereocenters. The zero-order valence-electron chi connectivity index (χ0n) is 7.91. The second kappa shape index (κ2) is 3.77. The predicted octanol–water partition coefficient (Wildman–Crippen LogP) is 2.74. The summed E-state index contributed by atoms with van der Waals surface area (Å²) >= 11 is 0. The predicted molar refractivity (Wildman–Crippen MR) is 51.1 cm³/mol. The Labute approximate surface area is 88.9 Å². The summed E-state index contributed by atoms with van der Waals surface area (Å²) in [6.45, 7) is 0. The van der Waals surface area contributed by atoms with E-state index in [4.69, 9.17) is 9.52 Å². The van der Waals surface area contributed by atoms with Crippen molar-refractivity contribution in [3.63, 3.8) is 0 Å². The number of phenols is 1. The summed E-state index contributed by atoms with van der Waals surface area (Å²) < 4.78 is 30.8. The molecule has 0 saturated carbocycles. The van der Waals surface area contributed by atoms with Crippen LogP contribution in [0.5, 0.6) is 5.75 Å². The van der Waals surface area contributed by atoms with Gasteiger partial charge in [-0.3, -0.25) is 4.79 Å². The average molecular weight is 224 g/mol. The van der Waals surface area contributed by atoms with Crippen LogP contribution in [0.1, 0.15) is 10.6 Å². The normalized spacial score (nSPS) is 10.4. The van der Waals surface area contributed by atoms with E-state index in [0.29, 0.717) is 6.29 Å². The van der Waals surface area contributed by atoms with Gasteiger partial charge in [0.15, 0.2) is 29.4 Å². The highest BCUT2D eigenvalue weighted by atomic mass is 19.2. The van der Waals surface area contributed by atoms with Gasteiger partial charge >= 0.3 is 0 Å². The number of benzene rings is 1. The van der Waals surface area contributed by atoms with E-state index in [9.17, 15) is 13.6 Å². The summed E-state index contributed by atoms with van der Waals surface area (Å²) in [5, 5.41) is 9.08. The maximum Gasteiger partial charge on any atom is 0.200 e. The van der Waals surface area contributed by atoms with Crippen molar-refractivity contribution in [1.82, 2.24) is 0 Å². The van der Waals surface area contributed by atoms with E-state index < -0.39 is 17.4 Å². The third-order valence-electron chi connectivity index (χ3n) is 2.04. The van der Waals surface area contributed by atoms with Crippen molar-refractivity contribution in [3.05, 3.63) is 41.7 Å². The van der Waals surface area contributed by atoms with Crippen LogP contribution >= 0.6 is 0 Å².